The van der Waals surface area contributed by atoms with Crippen LogP contribution in [0.15, 0.2) is 30.3 Å². The molecule has 106 valence electrons. The van der Waals surface area contributed by atoms with Crippen molar-refractivity contribution < 1.29 is 9.53 Å². The number of amides is 1. The Kier molecular flexibility index (Phi) is 4.89. The number of benzene rings is 1. The third-order valence-electron chi connectivity index (χ3n) is 2.77. The first-order chi connectivity index (χ1) is 9.66. The van der Waals surface area contributed by atoms with Crippen LogP contribution in [0.2, 0.25) is 0 Å². The van der Waals surface area contributed by atoms with E-state index >= 15 is 0 Å². The smallest absolute Gasteiger partial charge is 0.407 e. The lowest BCUT2D eigenvalue weighted by molar-refractivity contribution is 0.139. The highest BCUT2D eigenvalue weighted by atomic mass is 32.1. The van der Waals surface area contributed by atoms with Crippen LogP contribution in [0.1, 0.15) is 11.4 Å². The zero-order chi connectivity index (χ0) is 14.4. The Morgan fingerprint density at radius 3 is 2.85 bits per heavy atom. The fourth-order valence-electron chi connectivity index (χ4n) is 1.70. The lowest BCUT2D eigenvalue weighted by Gasteiger charge is -2.08. The first-order valence-corrected chi connectivity index (χ1v) is 6.64. The Labute approximate surface area is 121 Å². The standard InChI is InChI=1S/C13H16N4O2S/c1-10-15-16-12(20)17(10)8-7-14-13(18)19-9-11-5-3-2-4-6-11/h2-6H,7-9H2,1H3,(H,14,18)(H,16,20). The van der Waals surface area contributed by atoms with Gasteiger partial charge in [-0.3, -0.25) is 5.10 Å². The number of nitrogens with zero attached hydrogens (tertiary/aromatic N) is 2. The number of nitrogens with one attached hydrogen (secondary N) is 2. The monoisotopic (exact) mass is 292 g/mol. The molecule has 0 unspecified atom stereocenters. The van der Waals surface area contributed by atoms with Gasteiger partial charge in [-0.1, -0.05) is 30.3 Å². The molecule has 0 bridgehead atoms. The maximum absolute atomic E-state index is 11.5. The Hall–Kier alpha value is -2.15. The van der Waals surface area contributed by atoms with Gasteiger partial charge in [0.2, 0.25) is 0 Å². The Balaban J connectivity index is 1.72. The van der Waals surface area contributed by atoms with Crippen LogP contribution in [-0.2, 0) is 17.9 Å². The molecule has 0 radical (unpaired) electrons. The quantitative estimate of drug-likeness (QED) is 0.829. The van der Waals surface area contributed by atoms with Crippen LogP contribution in [0.3, 0.4) is 0 Å². The van der Waals surface area contributed by atoms with E-state index in [0.717, 1.165) is 11.4 Å². The topological polar surface area (TPSA) is 71.9 Å². The average molecular weight is 292 g/mol. The van der Waals surface area contributed by atoms with Gasteiger partial charge in [-0.25, -0.2) is 4.79 Å². The summed E-state index contributed by atoms with van der Waals surface area (Å²) in [5, 5.41) is 9.36. The van der Waals surface area contributed by atoms with Crippen LogP contribution < -0.4 is 5.32 Å². The number of aromatic amines is 1. The van der Waals surface area contributed by atoms with Gasteiger partial charge in [0.25, 0.3) is 0 Å². The molecule has 0 spiro atoms. The van der Waals surface area contributed by atoms with Gasteiger partial charge in [-0.2, -0.15) is 5.10 Å². The van der Waals surface area contributed by atoms with Crippen molar-refractivity contribution in [2.75, 3.05) is 6.54 Å². The fraction of sp³-hybridized carbons (Fsp3) is 0.308. The van der Waals surface area contributed by atoms with Crippen LogP contribution in [0.4, 0.5) is 4.79 Å². The largest absolute Gasteiger partial charge is 0.445 e. The van der Waals surface area contributed by atoms with E-state index in [4.69, 9.17) is 17.0 Å². The van der Waals surface area contributed by atoms with E-state index in [2.05, 4.69) is 15.5 Å². The number of carbonyl (C=O) groups excluding carboxylic acids is 1. The molecule has 1 amide bonds. The number of carbonyl (C=O) groups is 1. The third-order valence-corrected chi connectivity index (χ3v) is 3.08. The Morgan fingerprint density at radius 1 is 1.45 bits per heavy atom. The van der Waals surface area contributed by atoms with Gasteiger partial charge in [-0.05, 0) is 24.7 Å². The molecule has 1 heterocycles. The summed E-state index contributed by atoms with van der Waals surface area (Å²) in [5.41, 5.74) is 0.954. The van der Waals surface area contributed by atoms with E-state index in [1.807, 2.05) is 41.8 Å². The lowest BCUT2D eigenvalue weighted by atomic mass is 10.2. The number of rotatable bonds is 5. The van der Waals surface area contributed by atoms with E-state index in [1.54, 1.807) is 0 Å². The molecular weight excluding hydrogens is 276 g/mol. The van der Waals surface area contributed by atoms with Gasteiger partial charge in [0.15, 0.2) is 4.77 Å². The molecule has 20 heavy (non-hydrogen) atoms. The second kappa shape index (κ2) is 6.85. The SMILES string of the molecule is Cc1n[nH]c(=S)n1CCNC(=O)OCc1ccccc1. The molecular formula is C13H16N4O2S. The van der Waals surface area contributed by atoms with Crippen molar-refractivity contribution in [2.24, 2.45) is 0 Å². The van der Waals surface area contributed by atoms with E-state index in [-0.39, 0.29) is 6.61 Å². The summed E-state index contributed by atoms with van der Waals surface area (Å²) in [4.78, 5) is 11.5. The number of aromatic nitrogens is 3. The number of H-pyrrole nitrogens is 1. The van der Waals surface area contributed by atoms with Gasteiger partial charge >= 0.3 is 6.09 Å². The summed E-state index contributed by atoms with van der Waals surface area (Å²) in [6.07, 6.45) is -0.443. The molecule has 0 saturated carbocycles. The van der Waals surface area contributed by atoms with Crippen LogP contribution >= 0.6 is 12.2 Å². The molecule has 1 aromatic heterocycles. The highest BCUT2D eigenvalue weighted by Gasteiger charge is 2.04. The van der Waals surface area contributed by atoms with Crippen molar-refractivity contribution >= 4 is 18.3 Å². The van der Waals surface area contributed by atoms with Crippen molar-refractivity contribution in [3.63, 3.8) is 0 Å². The molecule has 7 heteroatoms. The maximum atomic E-state index is 11.5. The molecule has 0 fully saturated rings. The van der Waals surface area contributed by atoms with Gasteiger partial charge in [0.1, 0.15) is 12.4 Å². The maximum Gasteiger partial charge on any atom is 0.407 e. The number of aryl methyl sites for hydroxylation is 1. The molecule has 6 nitrogen and oxygen atoms in total. The molecule has 2 rings (SSSR count). The van der Waals surface area contributed by atoms with Gasteiger partial charge in [0, 0.05) is 13.1 Å². The minimum absolute atomic E-state index is 0.261. The van der Waals surface area contributed by atoms with Gasteiger partial charge in [0.05, 0.1) is 0 Å². The normalized spacial score (nSPS) is 10.2. The van der Waals surface area contributed by atoms with Crippen molar-refractivity contribution in [1.29, 1.82) is 0 Å². The summed E-state index contributed by atoms with van der Waals surface area (Å²) >= 11 is 5.07. The van der Waals surface area contributed by atoms with Crippen LogP contribution in [0.5, 0.6) is 0 Å². The highest BCUT2D eigenvalue weighted by Crippen LogP contribution is 2.00. The molecule has 2 aromatic rings. The number of ether oxygens (including phenoxy) is 1. The predicted octanol–water partition coefficient (Wildman–Crippen LogP) is 2.18. The minimum atomic E-state index is -0.443. The van der Waals surface area contributed by atoms with Crippen molar-refractivity contribution in [2.45, 2.75) is 20.1 Å². The highest BCUT2D eigenvalue weighted by molar-refractivity contribution is 7.71. The molecule has 2 N–H and O–H groups in total. The molecule has 0 atom stereocenters. The first-order valence-electron chi connectivity index (χ1n) is 6.23. The number of hydrogen-bond acceptors (Lipinski definition) is 4. The summed E-state index contributed by atoms with van der Waals surface area (Å²) in [6.45, 7) is 3.10. The second-order valence-corrected chi connectivity index (χ2v) is 4.60. The lowest BCUT2D eigenvalue weighted by Crippen LogP contribution is -2.28. The predicted molar refractivity (Wildman–Crippen MR) is 76.8 cm³/mol. The average Bonchev–Trinajstić information content (AvgIpc) is 2.78. The first kappa shape index (κ1) is 14.3. The number of alkyl carbamates (subject to hydrolysis) is 1. The summed E-state index contributed by atoms with van der Waals surface area (Å²) in [7, 11) is 0. The summed E-state index contributed by atoms with van der Waals surface area (Å²) < 4.78 is 7.45. The van der Waals surface area contributed by atoms with Crippen LogP contribution in [-0.4, -0.2) is 27.4 Å². The second-order valence-electron chi connectivity index (χ2n) is 4.22. The van der Waals surface area contributed by atoms with Crippen molar-refractivity contribution in [3.05, 3.63) is 46.5 Å². The van der Waals surface area contributed by atoms with Crippen LogP contribution in [0, 0.1) is 11.7 Å². The van der Waals surface area contributed by atoms with E-state index in [1.165, 1.54) is 0 Å². The molecule has 0 aliphatic rings. The van der Waals surface area contributed by atoms with E-state index in [9.17, 15) is 4.79 Å². The van der Waals surface area contributed by atoms with E-state index in [0.29, 0.717) is 17.9 Å². The minimum Gasteiger partial charge on any atom is -0.445 e. The van der Waals surface area contributed by atoms with Crippen molar-refractivity contribution in [1.82, 2.24) is 20.1 Å². The molecule has 0 saturated heterocycles. The molecule has 1 aromatic carbocycles. The fourth-order valence-corrected chi connectivity index (χ4v) is 1.97. The van der Waals surface area contributed by atoms with E-state index < -0.39 is 6.09 Å². The summed E-state index contributed by atoms with van der Waals surface area (Å²) in [6, 6.07) is 9.53. The Morgan fingerprint density at radius 2 is 2.20 bits per heavy atom. The number of hydrogen-bond donors (Lipinski definition) is 2. The Bertz CT molecular complexity index is 621. The van der Waals surface area contributed by atoms with Gasteiger partial charge < -0.3 is 14.6 Å². The van der Waals surface area contributed by atoms with Crippen molar-refractivity contribution in [3.8, 4) is 0 Å². The zero-order valence-electron chi connectivity index (χ0n) is 11.1. The van der Waals surface area contributed by atoms with Gasteiger partial charge in [-0.15, -0.1) is 0 Å². The zero-order valence-corrected chi connectivity index (χ0v) is 11.9. The van der Waals surface area contributed by atoms with Crippen LogP contribution in [0.25, 0.3) is 0 Å². The molecule has 0 aliphatic carbocycles. The summed E-state index contributed by atoms with van der Waals surface area (Å²) in [5.74, 6) is 0.787. The third kappa shape index (κ3) is 3.92. The molecule has 0 aliphatic heterocycles.